The maximum Gasteiger partial charge on any atom is 0.298 e. The van der Waals surface area contributed by atoms with Crippen LogP contribution in [0.5, 0.6) is 5.75 Å². The van der Waals surface area contributed by atoms with Crippen LogP contribution in [0.4, 0.5) is 5.82 Å². The summed E-state index contributed by atoms with van der Waals surface area (Å²) >= 11 is 0. The lowest BCUT2D eigenvalue weighted by atomic mass is 10.1. The summed E-state index contributed by atoms with van der Waals surface area (Å²) in [5.74, 6) is 0.233. The second-order valence-corrected chi connectivity index (χ2v) is 7.97. The Kier molecular flexibility index (Phi) is 5.32. The van der Waals surface area contributed by atoms with Gasteiger partial charge in [0.25, 0.3) is 11.5 Å². The lowest BCUT2D eigenvalue weighted by Crippen LogP contribution is -2.37. The molecule has 4 unspecified atom stereocenters. The van der Waals surface area contributed by atoms with Crippen molar-refractivity contribution < 1.29 is 29.6 Å². The maximum atomic E-state index is 13.3. The number of hydrogen-bond donors (Lipinski definition) is 4. The number of carbonyl (C=O) groups is 1. The summed E-state index contributed by atoms with van der Waals surface area (Å²) in [7, 11) is 1.53. The zero-order valence-electron chi connectivity index (χ0n) is 17.5. The number of anilines is 1. The van der Waals surface area contributed by atoms with Gasteiger partial charge < -0.3 is 30.1 Å². The van der Waals surface area contributed by atoms with Crippen LogP contribution >= 0.6 is 0 Å². The highest BCUT2D eigenvalue weighted by Gasteiger charge is 2.45. The predicted octanol–water partition coefficient (Wildman–Crippen LogP) is -0.805. The molecule has 3 aromatic rings. The minimum absolute atomic E-state index is 0.0327. The molecule has 1 aliphatic heterocycles. The number of nitrogens with one attached hydrogen (secondary N) is 1. The van der Waals surface area contributed by atoms with Crippen LogP contribution in [0.25, 0.3) is 11.0 Å². The molecule has 1 saturated carbocycles. The van der Waals surface area contributed by atoms with Crippen LogP contribution in [0.2, 0.25) is 0 Å². The number of carbonyl (C=O) groups excluding carboxylic acids is 1. The molecule has 33 heavy (non-hydrogen) atoms. The molecular formula is C20H22N6O7. The molecule has 1 aliphatic carbocycles. The number of fused-ring (bicyclic) bond motifs is 1. The summed E-state index contributed by atoms with van der Waals surface area (Å²) in [6.45, 7) is -0.541. The van der Waals surface area contributed by atoms with Crippen LogP contribution in [0.1, 0.15) is 35.5 Å². The van der Waals surface area contributed by atoms with Crippen molar-refractivity contribution in [3.8, 4) is 5.75 Å². The number of benzene rings is 1. The van der Waals surface area contributed by atoms with Gasteiger partial charge in [0.1, 0.15) is 24.1 Å². The van der Waals surface area contributed by atoms with E-state index >= 15 is 0 Å². The number of aliphatic hydroxyl groups is 3. The standard InChI is InChI=1S/C20H22N6O7/c1-32-11-6-2-9(3-7-11)18(30)21-17-13-14(25(23-17)10-4-5-10)19(31)26(24-22-13)20-16(29)15(28)12(8-27)33-20/h2-3,6-7,10,12,15-16,20,27-29H,4-5,8H2,1H3,(H,21,23,30). The summed E-state index contributed by atoms with van der Waals surface area (Å²) in [5, 5.41) is 44.6. The summed E-state index contributed by atoms with van der Waals surface area (Å²) in [6, 6.07) is 6.45. The van der Waals surface area contributed by atoms with Gasteiger partial charge in [-0.15, -0.1) is 5.10 Å². The Morgan fingerprint density at radius 2 is 1.94 bits per heavy atom. The summed E-state index contributed by atoms with van der Waals surface area (Å²) < 4.78 is 12.8. The highest BCUT2D eigenvalue weighted by molar-refractivity contribution is 6.07. The molecule has 13 nitrogen and oxygen atoms in total. The fourth-order valence-corrected chi connectivity index (χ4v) is 3.80. The number of amides is 1. The first-order valence-electron chi connectivity index (χ1n) is 10.4. The molecule has 13 heteroatoms. The van der Waals surface area contributed by atoms with Gasteiger partial charge in [-0.05, 0) is 37.1 Å². The molecule has 0 spiro atoms. The van der Waals surface area contributed by atoms with Gasteiger partial charge in [-0.1, -0.05) is 5.21 Å². The first-order valence-corrected chi connectivity index (χ1v) is 10.4. The van der Waals surface area contributed by atoms with Gasteiger partial charge >= 0.3 is 0 Å². The van der Waals surface area contributed by atoms with E-state index in [0.717, 1.165) is 17.5 Å². The van der Waals surface area contributed by atoms with Crippen molar-refractivity contribution in [2.24, 2.45) is 0 Å². The summed E-state index contributed by atoms with van der Waals surface area (Å²) in [5.41, 5.74) is -0.107. The van der Waals surface area contributed by atoms with Gasteiger partial charge in [-0.2, -0.15) is 9.78 Å². The van der Waals surface area contributed by atoms with Crippen molar-refractivity contribution >= 4 is 22.8 Å². The van der Waals surface area contributed by atoms with E-state index in [4.69, 9.17) is 9.47 Å². The van der Waals surface area contributed by atoms with E-state index < -0.39 is 42.6 Å². The SMILES string of the molecule is COc1ccc(C(=O)Nc2nn(C3CC3)c3c(=O)n(C4OC(CO)C(O)C4O)nnc23)cc1. The normalized spacial score (nSPS) is 24.8. The van der Waals surface area contributed by atoms with Crippen LogP contribution in [-0.2, 0) is 4.74 Å². The molecule has 5 rings (SSSR count). The molecule has 174 valence electrons. The molecule has 2 aliphatic rings. The van der Waals surface area contributed by atoms with Crippen molar-refractivity contribution in [3.63, 3.8) is 0 Å². The van der Waals surface area contributed by atoms with Gasteiger partial charge in [0, 0.05) is 5.56 Å². The highest BCUT2D eigenvalue weighted by Crippen LogP contribution is 2.37. The Morgan fingerprint density at radius 1 is 1.21 bits per heavy atom. The van der Waals surface area contributed by atoms with E-state index in [9.17, 15) is 24.9 Å². The van der Waals surface area contributed by atoms with Crippen molar-refractivity contribution in [1.29, 1.82) is 0 Å². The van der Waals surface area contributed by atoms with Crippen molar-refractivity contribution in [1.82, 2.24) is 24.8 Å². The van der Waals surface area contributed by atoms with E-state index in [1.807, 2.05) is 0 Å². The fourth-order valence-electron chi connectivity index (χ4n) is 3.80. The van der Waals surface area contributed by atoms with Crippen LogP contribution in [-0.4, -0.2) is 78.0 Å². The third kappa shape index (κ3) is 3.64. The van der Waals surface area contributed by atoms with Gasteiger partial charge in [0.15, 0.2) is 23.1 Å². The van der Waals surface area contributed by atoms with Crippen LogP contribution < -0.4 is 15.6 Å². The summed E-state index contributed by atoms with van der Waals surface area (Å²) in [4.78, 5) is 26.0. The number of hydrogen-bond acceptors (Lipinski definition) is 10. The third-order valence-corrected chi connectivity index (χ3v) is 5.77. The largest absolute Gasteiger partial charge is 0.497 e. The fraction of sp³-hybridized carbons (Fsp3) is 0.450. The van der Waals surface area contributed by atoms with E-state index in [-0.39, 0.29) is 22.9 Å². The number of methoxy groups -OCH3 is 1. The van der Waals surface area contributed by atoms with E-state index in [0.29, 0.717) is 11.3 Å². The molecule has 4 atom stereocenters. The zero-order valence-corrected chi connectivity index (χ0v) is 17.5. The van der Waals surface area contributed by atoms with Gasteiger partial charge in [-0.3, -0.25) is 14.3 Å². The monoisotopic (exact) mass is 458 g/mol. The molecule has 2 aromatic heterocycles. The number of aliphatic hydroxyl groups excluding tert-OH is 3. The Bertz CT molecular complexity index is 1250. The number of rotatable bonds is 6. The molecule has 1 amide bonds. The molecule has 0 bridgehead atoms. The molecule has 3 heterocycles. The molecule has 4 N–H and O–H groups in total. The predicted molar refractivity (Wildman–Crippen MR) is 112 cm³/mol. The molecule has 2 fully saturated rings. The molecule has 1 aromatic carbocycles. The molecular weight excluding hydrogens is 436 g/mol. The van der Waals surface area contributed by atoms with Gasteiger partial charge in [0.2, 0.25) is 0 Å². The summed E-state index contributed by atoms with van der Waals surface area (Å²) in [6.07, 6.45) is -3.67. The average molecular weight is 458 g/mol. The van der Waals surface area contributed by atoms with Crippen molar-refractivity contribution in [2.45, 2.75) is 43.4 Å². The topological polar surface area (TPSA) is 174 Å². The number of nitrogens with zero attached hydrogens (tertiary/aromatic N) is 5. The second kappa shape index (κ2) is 8.19. The minimum atomic E-state index is -1.49. The highest BCUT2D eigenvalue weighted by atomic mass is 16.6. The van der Waals surface area contributed by atoms with E-state index in [1.54, 1.807) is 24.3 Å². The number of ether oxygens (including phenoxy) is 2. The quantitative estimate of drug-likeness (QED) is 0.366. The zero-order chi connectivity index (χ0) is 23.3. The van der Waals surface area contributed by atoms with Crippen molar-refractivity contribution in [2.75, 3.05) is 19.0 Å². The Morgan fingerprint density at radius 3 is 2.55 bits per heavy atom. The Hall–Kier alpha value is -3.39. The lowest BCUT2D eigenvalue weighted by Gasteiger charge is -2.15. The Balaban J connectivity index is 1.52. The van der Waals surface area contributed by atoms with Gasteiger partial charge in [0.05, 0.1) is 19.8 Å². The minimum Gasteiger partial charge on any atom is -0.497 e. The van der Waals surface area contributed by atoms with Crippen molar-refractivity contribution in [3.05, 3.63) is 40.2 Å². The maximum absolute atomic E-state index is 13.3. The van der Waals surface area contributed by atoms with E-state index in [2.05, 4.69) is 20.7 Å². The molecule has 0 radical (unpaired) electrons. The lowest BCUT2D eigenvalue weighted by molar-refractivity contribution is -0.0619. The molecule has 1 saturated heterocycles. The second-order valence-electron chi connectivity index (χ2n) is 7.97. The average Bonchev–Trinajstić information content (AvgIpc) is 3.56. The first kappa shape index (κ1) is 21.5. The van der Waals surface area contributed by atoms with Crippen LogP contribution in [0, 0.1) is 0 Å². The third-order valence-electron chi connectivity index (χ3n) is 5.77. The smallest absolute Gasteiger partial charge is 0.298 e. The van der Waals surface area contributed by atoms with Gasteiger partial charge in [-0.25, -0.2) is 0 Å². The first-order chi connectivity index (χ1) is 15.9. The Labute approximate surface area is 186 Å². The van der Waals surface area contributed by atoms with Crippen LogP contribution in [0.15, 0.2) is 29.1 Å². The number of aromatic nitrogens is 5. The van der Waals surface area contributed by atoms with E-state index in [1.165, 1.54) is 11.8 Å². The van der Waals surface area contributed by atoms with Crippen LogP contribution in [0.3, 0.4) is 0 Å².